The van der Waals surface area contributed by atoms with Crippen LogP contribution in [0.25, 0.3) is 16.6 Å². The lowest BCUT2D eigenvalue weighted by Gasteiger charge is -2.15. The highest BCUT2D eigenvalue weighted by atomic mass is 16.2. The highest BCUT2D eigenvalue weighted by Gasteiger charge is 2.20. The molecule has 24 heavy (non-hydrogen) atoms. The number of nitrogens with one attached hydrogen (secondary N) is 1. The Morgan fingerprint density at radius 3 is 2.96 bits per heavy atom. The molecule has 0 saturated heterocycles. The van der Waals surface area contributed by atoms with E-state index in [1.165, 1.54) is 0 Å². The van der Waals surface area contributed by atoms with Crippen molar-refractivity contribution in [3.63, 3.8) is 0 Å². The molecule has 3 rings (SSSR count). The van der Waals surface area contributed by atoms with Gasteiger partial charge in [-0.25, -0.2) is 4.68 Å². The maximum atomic E-state index is 12.5. The van der Waals surface area contributed by atoms with Gasteiger partial charge in [-0.3, -0.25) is 9.78 Å². The Morgan fingerprint density at radius 1 is 1.33 bits per heavy atom. The summed E-state index contributed by atoms with van der Waals surface area (Å²) in [5.41, 5.74) is 2.87. The first kappa shape index (κ1) is 16.1. The Kier molecular flexibility index (Phi) is 4.52. The maximum Gasteiger partial charge on any atom is 0.276 e. The highest BCUT2D eigenvalue weighted by Crippen LogP contribution is 2.18. The monoisotopic (exact) mass is 324 g/mol. The van der Waals surface area contributed by atoms with Gasteiger partial charge in [-0.05, 0) is 38.2 Å². The fourth-order valence-electron chi connectivity index (χ4n) is 2.53. The zero-order valence-corrected chi connectivity index (χ0v) is 14.0. The fraction of sp³-hybridized carbons (Fsp3) is 0.294. The molecule has 0 radical (unpaired) electrons. The summed E-state index contributed by atoms with van der Waals surface area (Å²) >= 11 is 0. The SMILES string of the molecule is CNCCN(C)C(=O)c1nnn(-c2ccc3ncccc3c2)c1C. The third-order valence-electron chi connectivity index (χ3n) is 3.97. The molecular formula is C17H20N6O. The van der Waals surface area contributed by atoms with E-state index >= 15 is 0 Å². The second kappa shape index (κ2) is 6.76. The van der Waals surface area contributed by atoms with Crippen LogP contribution in [0.1, 0.15) is 16.2 Å². The smallest absolute Gasteiger partial charge is 0.276 e. The number of pyridine rings is 1. The average molecular weight is 324 g/mol. The van der Waals surface area contributed by atoms with Crippen molar-refractivity contribution in [1.29, 1.82) is 0 Å². The number of carbonyl (C=O) groups excluding carboxylic acids is 1. The van der Waals surface area contributed by atoms with Crippen LogP contribution in [0.3, 0.4) is 0 Å². The predicted octanol–water partition coefficient (Wildman–Crippen LogP) is 1.42. The molecule has 0 fully saturated rings. The number of hydrogen-bond donors (Lipinski definition) is 1. The van der Waals surface area contributed by atoms with Crippen LogP contribution in [-0.4, -0.2) is 58.0 Å². The van der Waals surface area contributed by atoms with Crippen molar-refractivity contribution in [1.82, 2.24) is 30.2 Å². The van der Waals surface area contributed by atoms with Gasteiger partial charge in [-0.15, -0.1) is 5.10 Å². The van der Waals surface area contributed by atoms with Crippen molar-refractivity contribution in [2.75, 3.05) is 27.2 Å². The van der Waals surface area contributed by atoms with Crippen LogP contribution in [0.2, 0.25) is 0 Å². The standard InChI is InChI=1S/C17H20N6O/c1-12-16(17(24)22(3)10-9-18-2)20-21-23(12)14-6-7-15-13(11-14)5-4-8-19-15/h4-8,11,18H,9-10H2,1-3H3. The fourth-order valence-corrected chi connectivity index (χ4v) is 2.53. The molecule has 0 unspecified atom stereocenters. The Hall–Kier alpha value is -2.80. The lowest BCUT2D eigenvalue weighted by Crippen LogP contribution is -2.33. The third kappa shape index (κ3) is 2.98. The molecule has 3 aromatic rings. The Morgan fingerprint density at radius 2 is 2.17 bits per heavy atom. The maximum absolute atomic E-state index is 12.5. The second-order valence-electron chi connectivity index (χ2n) is 5.65. The number of likely N-dealkylation sites (N-methyl/N-ethyl adjacent to an activating group) is 2. The Bertz CT molecular complexity index is 872. The van der Waals surface area contributed by atoms with Crippen LogP contribution < -0.4 is 5.32 Å². The molecule has 7 heteroatoms. The molecule has 2 aromatic heterocycles. The molecule has 1 amide bonds. The average Bonchev–Trinajstić information content (AvgIpc) is 3.00. The van der Waals surface area contributed by atoms with E-state index in [2.05, 4.69) is 20.6 Å². The highest BCUT2D eigenvalue weighted by molar-refractivity contribution is 5.93. The second-order valence-corrected chi connectivity index (χ2v) is 5.65. The van der Waals surface area contributed by atoms with Gasteiger partial charge in [0.25, 0.3) is 5.91 Å². The van der Waals surface area contributed by atoms with E-state index in [4.69, 9.17) is 0 Å². The van der Waals surface area contributed by atoms with Crippen molar-refractivity contribution in [3.8, 4) is 5.69 Å². The van der Waals surface area contributed by atoms with Crippen LogP contribution in [-0.2, 0) is 0 Å². The minimum absolute atomic E-state index is 0.128. The number of benzene rings is 1. The van der Waals surface area contributed by atoms with Gasteiger partial charge in [-0.2, -0.15) is 0 Å². The largest absolute Gasteiger partial charge is 0.339 e. The van der Waals surface area contributed by atoms with Gasteiger partial charge < -0.3 is 10.2 Å². The zero-order chi connectivity index (χ0) is 17.1. The van der Waals surface area contributed by atoms with Crippen LogP contribution >= 0.6 is 0 Å². The Labute approximate surface area is 140 Å². The lowest BCUT2D eigenvalue weighted by molar-refractivity contribution is 0.0790. The van der Waals surface area contributed by atoms with Crippen molar-refractivity contribution in [2.24, 2.45) is 0 Å². The van der Waals surface area contributed by atoms with Gasteiger partial charge in [0, 0.05) is 31.7 Å². The van der Waals surface area contributed by atoms with Gasteiger partial charge in [0.15, 0.2) is 5.69 Å². The lowest BCUT2D eigenvalue weighted by atomic mass is 10.2. The first-order valence-corrected chi connectivity index (χ1v) is 7.79. The number of amides is 1. The van der Waals surface area contributed by atoms with E-state index < -0.39 is 0 Å². The summed E-state index contributed by atoms with van der Waals surface area (Å²) in [6.45, 7) is 3.20. The predicted molar refractivity (Wildman–Crippen MR) is 92.3 cm³/mol. The minimum atomic E-state index is -0.128. The van der Waals surface area contributed by atoms with E-state index in [-0.39, 0.29) is 5.91 Å². The summed E-state index contributed by atoms with van der Waals surface area (Å²) in [6.07, 6.45) is 1.76. The number of fused-ring (bicyclic) bond motifs is 1. The first-order chi connectivity index (χ1) is 11.6. The quantitative estimate of drug-likeness (QED) is 0.768. The number of nitrogens with zero attached hydrogens (tertiary/aromatic N) is 5. The topological polar surface area (TPSA) is 75.9 Å². The summed E-state index contributed by atoms with van der Waals surface area (Å²) in [5.74, 6) is -0.128. The van der Waals surface area contributed by atoms with E-state index in [1.54, 1.807) is 22.8 Å². The molecule has 0 bridgehead atoms. The van der Waals surface area contributed by atoms with E-state index in [1.807, 2.05) is 44.3 Å². The summed E-state index contributed by atoms with van der Waals surface area (Å²) in [6, 6.07) is 9.74. The van der Waals surface area contributed by atoms with Crippen molar-refractivity contribution < 1.29 is 4.79 Å². The molecule has 0 spiro atoms. The summed E-state index contributed by atoms with van der Waals surface area (Å²) in [7, 11) is 3.62. The van der Waals surface area contributed by atoms with E-state index in [0.29, 0.717) is 12.2 Å². The number of aromatic nitrogens is 4. The molecule has 0 saturated carbocycles. The van der Waals surface area contributed by atoms with Crippen molar-refractivity contribution in [2.45, 2.75) is 6.92 Å². The van der Waals surface area contributed by atoms with Crippen LogP contribution in [0.5, 0.6) is 0 Å². The number of carbonyl (C=O) groups is 1. The van der Waals surface area contributed by atoms with Crippen LogP contribution in [0, 0.1) is 6.92 Å². The van der Waals surface area contributed by atoms with E-state index in [0.717, 1.165) is 28.8 Å². The molecule has 1 aromatic carbocycles. The summed E-state index contributed by atoms with van der Waals surface area (Å²) in [4.78, 5) is 18.5. The molecule has 2 heterocycles. The number of rotatable bonds is 5. The molecule has 124 valence electrons. The van der Waals surface area contributed by atoms with Crippen molar-refractivity contribution >= 4 is 16.8 Å². The molecule has 0 aliphatic rings. The molecule has 0 aliphatic heterocycles. The molecular weight excluding hydrogens is 304 g/mol. The van der Waals surface area contributed by atoms with Crippen LogP contribution in [0.15, 0.2) is 36.5 Å². The first-order valence-electron chi connectivity index (χ1n) is 7.79. The van der Waals surface area contributed by atoms with Gasteiger partial charge >= 0.3 is 0 Å². The van der Waals surface area contributed by atoms with Crippen molar-refractivity contribution in [3.05, 3.63) is 47.9 Å². The van der Waals surface area contributed by atoms with Gasteiger partial charge in [0.1, 0.15) is 0 Å². The third-order valence-corrected chi connectivity index (χ3v) is 3.97. The minimum Gasteiger partial charge on any atom is -0.339 e. The number of hydrogen-bond acceptors (Lipinski definition) is 5. The van der Waals surface area contributed by atoms with Gasteiger partial charge in [0.05, 0.1) is 16.9 Å². The van der Waals surface area contributed by atoms with Gasteiger partial charge in [0.2, 0.25) is 0 Å². The zero-order valence-electron chi connectivity index (χ0n) is 14.0. The normalized spacial score (nSPS) is 11.0. The molecule has 0 aliphatic carbocycles. The molecule has 0 atom stereocenters. The summed E-state index contributed by atoms with van der Waals surface area (Å²) in [5, 5.41) is 12.3. The molecule has 1 N–H and O–H groups in total. The summed E-state index contributed by atoms with van der Waals surface area (Å²) < 4.78 is 1.69. The molecule has 7 nitrogen and oxygen atoms in total. The Balaban J connectivity index is 1.92. The van der Waals surface area contributed by atoms with E-state index in [9.17, 15) is 4.79 Å². The van der Waals surface area contributed by atoms with Crippen LogP contribution in [0.4, 0.5) is 0 Å². The van der Waals surface area contributed by atoms with Gasteiger partial charge in [-0.1, -0.05) is 11.3 Å².